The largest absolute Gasteiger partial charge is 0.359 e. The van der Waals surface area contributed by atoms with E-state index in [0.717, 1.165) is 23.3 Å². The van der Waals surface area contributed by atoms with Gasteiger partial charge >= 0.3 is 0 Å². The van der Waals surface area contributed by atoms with E-state index in [0.29, 0.717) is 18.5 Å². The molecule has 2 heterocycles. The lowest BCUT2D eigenvalue weighted by Gasteiger charge is -2.35. The zero-order valence-corrected chi connectivity index (χ0v) is 12.4. The number of hydrogen-bond donors (Lipinski definition) is 2. The molecule has 1 aliphatic carbocycles. The van der Waals surface area contributed by atoms with Crippen molar-refractivity contribution >= 4 is 22.8 Å². The molecule has 1 amide bonds. The molecule has 0 aromatic heterocycles. The van der Waals surface area contributed by atoms with Gasteiger partial charge in [-0.3, -0.25) is 9.79 Å². The van der Waals surface area contributed by atoms with E-state index in [-0.39, 0.29) is 11.9 Å². The average molecular weight is 281 g/mol. The average Bonchev–Trinajstić information content (AvgIpc) is 2.80. The van der Waals surface area contributed by atoms with Gasteiger partial charge in [-0.2, -0.15) is 0 Å². The van der Waals surface area contributed by atoms with Crippen LogP contribution in [0.2, 0.25) is 0 Å². The number of carbonyl (C=O) groups is 1. The Labute approximate surface area is 119 Å². The first-order chi connectivity index (χ1) is 9.15. The van der Waals surface area contributed by atoms with Crippen molar-refractivity contribution in [3.8, 4) is 0 Å². The van der Waals surface area contributed by atoms with E-state index in [4.69, 9.17) is 4.99 Å². The van der Waals surface area contributed by atoms with Crippen LogP contribution in [0.5, 0.6) is 0 Å². The van der Waals surface area contributed by atoms with Crippen molar-refractivity contribution in [1.29, 1.82) is 0 Å². The number of amides is 1. The van der Waals surface area contributed by atoms with E-state index in [1.807, 2.05) is 11.8 Å². The lowest BCUT2D eigenvalue weighted by atomic mass is 9.78. The van der Waals surface area contributed by atoms with Crippen LogP contribution in [-0.4, -0.2) is 35.0 Å². The maximum Gasteiger partial charge on any atom is 0.220 e. The quantitative estimate of drug-likeness (QED) is 0.772. The zero-order chi connectivity index (χ0) is 13.3. The Hall–Kier alpha value is -0.710. The van der Waals surface area contributed by atoms with E-state index in [1.54, 1.807) is 0 Å². The predicted octanol–water partition coefficient (Wildman–Crippen LogP) is 1.91. The fourth-order valence-electron chi connectivity index (χ4n) is 3.15. The number of carbonyl (C=O) groups excluding carboxylic acids is 1. The van der Waals surface area contributed by atoms with Crippen LogP contribution in [0.3, 0.4) is 0 Å². The summed E-state index contributed by atoms with van der Waals surface area (Å²) in [4.78, 5) is 15.9. The second kappa shape index (κ2) is 5.35. The smallest absolute Gasteiger partial charge is 0.220 e. The first kappa shape index (κ1) is 13.3. The molecule has 4 nitrogen and oxygen atoms in total. The SMILES string of the molecule is CC1CCC2(CC1)CSC(=NC1CCC(=O)NC1)N2. The molecule has 2 N–H and O–H groups in total. The Bertz CT molecular complexity index is 378. The molecule has 3 rings (SSSR count). The minimum atomic E-state index is 0.168. The molecule has 1 unspecified atom stereocenters. The zero-order valence-electron chi connectivity index (χ0n) is 11.6. The van der Waals surface area contributed by atoms with Gasteiger partial charge in [0.2, 0.25) is 5.91 Å². The molecule has 5 heteroatoms. The van der Waals surface area contributed by atoms with Crippen molar-refractivity contribution in [3.05, 3.63) is 0 Å². The number of aliphatic imine (C=N–C) groups is 1. The molecule has 2 aliphatic heterocycles. The summed E-state index contributed by atoms with van der Waals surface area (Å²) in [6.45, 7) is 3.06. The van der Waals surface area contributed by atoms with E-state index in [1.165, 1.54) is 25.7 Å². The fourth-order valence-corrected chi connectivity index (χ4v) is 4.44. The number of nitrogens with one attached hydrogen (secondary N) is 2. The Morgan fingerprint density at radius 2 is 2.11 bits per heavy atom. The molecule has 1 saturated carbocycles. The summed E-state index contributed by atoms with van der Waals surface area (Å²) in [6.07, 6.45) is 6.74. The fraction of sp³-hybridized carbons (Fsp3) is 0.857. The van der Waals surface area contributed by atoms with E-state index >= 15 is 0 Å². The summed E-state index contributed by atoms with van der Waals surface area (Å²) in [6, 6.07) is 0.269. The molecule has 3 aliphatic rings. The Balaban J connectivity index is 1.58. The van der Waals surface area contributed by atoms with Gasteiger partial charge in [-0.25, -0.2) is 0 Å². The van der Waals surface area contributed by atoms with Gasteiger partial charge < -0.3 is 10.6 Å². The Morgan fingerprint density at radius 3 is 2.79 bits per heavy atom. The number of amidine groups is 1. The van der Waals surface area contributed by atoms with Gasteiger partial charge in [-0.05, 0) is 38.0 Å². The second-order valence-corrected chi connectivity index (χ2v) is 7.27. The van der Waals surface area contributed by atoms with Crippen LogP contribution in [-0.2, 0) is 4.79 Å². The van der Waals surface area contributed by atoms with Crippen LogP contribution < -0.4 is 10.6 Å². The normalized spacial score (nSPS) is 41.3. The maximum absolute atomic E-state index is 11.1. The third-order valence-electron chi connectivity index (χ3n) is 4.63. The van der Waals surface area contributed by atoms with Crippen LogP contribution in [0, 0.1) is 5.92 Å². The first-order valence-corrected chi connectivity index (χ1v) is 8.39. The van der Waals surface area contributed by atoms with Crippen molar-refractivity contribution in [1.82, 2.24) is 10.6 Å². The molecule has 3 fully saturated rings. The minimum absolute atomic E-state index is 0.168. The monoisotopic (exact) mass is 281 g/mol. The second-order valence-electron chi connectivity index (χ2n) is 6.31. The molecule has 19 heavy (non-hydrogen) atoms. The molecule has 2 saturated heterocycles. The van der Waals surface area contributed by atoms with Gasteiger partial charge in [0, 0.05) is 24.3 Å². The number of piperidine rings is 1. The van der Waals surface area contributed by atoms with Crippen LogP contribution in [0.4, 0.5) is 0 Å². The highest BCUT2D eigenvalue weighted by atomic mass is 32.2. The summed E-state index contributed by atoms with van der Waals surface area (Å²) in [5.74, 6) is 2.21. The van der Waals surface area contributed by atoms with E-state index < -0.39 is 0 Å². The van der Waals surface area contributed by atoms with Crippen LogP contribution in [0.15, 0.2) is 4.99 Å². The maximum atomic E-state index is 11.1. The molecule has 0 aromatic rings. The van der Waals surface area contributed by atoms with Crippen LogP contribution in [0.1, 0.15) is 45.4 Å². The highest BCUT2D eigenvalue weighted by Crippen LogP contribution is 2.38. The Kier molecular flexibility index (Phi) is 3.74. The van der Waals surface area contributed by atoms with Crippen molar-refractivity contribution in [2.45, 2.75) is 57.0 Å². The van der Waals surface area contributed by atoms with Crippen molar-refractivity contribution in [2.24, 2.45) is 10.9 Å². The lowest BCUT2D eigenvalue weighted by molar-refractivity contribution is -0.122. The molecule has 1 spiro atoms. The summed E-state index contributed by atoms with van der Waals surface area (Å²) < 4.78 is 0. The van der Waals surface area contributed by atoms with Gasteiger partial charge in [-0.1, -0.05) is 18.7 Å². The Morgan fingerprint density at radius 1 is 1.32 bits per heavy atom. The summed E-state index contributed by atoms with van der Waals surface area (Å²) in [5.41, 5.74) is 0.313. The third-order valence-corrected chi connectivity index (χ3v) is 5.81. The van der Waals surface area contributed by atoms with Gasteiger partial charge in [0.15, 0.2) is 5.17 Å². The molecule has 106 valence electrons. The van der Waals surface area contributed by atoms with Crippen molar-refractivity contribution < 1.29 is 4.79 Å². The van der Waals surface area contributed by atoms with Crippen LogP contribution >= 0.6 is 11.8 Å². The highest BCUT2D eigenvalue weighted by Gasteiger charge is 2.39. The minimum Gasteiger partial charge on any atom is -0.359 e. The number of hydrogen-bond acceptors (Lipinski definition) is 3. The molecule has 0 bridgehead atoms. The van der Waals surface area contributed by atoms with E-state index in [9.17, 15) is 4.79 Å². The third kappa shape index (κ3) is 3.07. The molecule has 0 radical (unpaired) electrons. The van der Waals surface area contributed by atoms with Gasteiger partial charge in [0.1, 0.15) is 0 Å². The lowest BCUT2D eigenvalue weighted by Crippen LogP contribution is -2.46. The van der Waals surface area contributed by atoms with Crippen molar-refractivity contribution in [2.75, 3.05) is 12.3 Å². The molecular weight excluding hydrogens is 258 g/mol. The number of rotatable bonds is 1. The predicted molar refractivity (Wildman–Crippen MR) is 79.4 cm³/mol. The number of thioether (sulfide) groups is 1. The van der Waals surface area contributed by atoms with Gasteiger partial charge in [-0.15, -0.1) is 0 Å². The molecule has 1 atom stereocenters. The summed E-state index contributed by atoms with van der Waals surface area (Å²) >= 11 is 1.87. The standard InChI is InChI=1S/C14H23N3OS/c1-10-4-6-14(7-5-10)9-19-13(17-14)16-11-2-3-12(18)15-8-11/h10-11H,2-9H2,1H3,(H,15,18)(H,16,17). The number of nitrogens with zero attached hydrogens (tertiary/aromatic N) is 1. The molecular formula is C14H23N3OS. The molecule has 0 aromatic carbocycles. The van der Waals surface area contributed by atoms with Gasteiger partial charge in [0.25, 0.3) is 0 Å². The van der Waals surface area contributed by atoms with E-state index in [2.05, 4.69) is 17.6 Å². The first-order valence-electron chi connectivity index (χ1n) is 7.41. The summed E-state index contributed by atoms with van der Waals surface area (Å²) in [5, 5.41) is 7.69. The van der Waals surface area contributed by atoms with Crippen LogP contribution in [0.25, 0.3) is 0 Å². The highest BCUT2D eigenvalue weighted by molar-refractivity contribution is 8.14. The summed E-state index contributed by atoms with van der Waals surface area (Å²) in [7, 11) is 0. The topological polar surface area (TPSA) is 53.5 Å². The van der Waals surface area contributed by atoms with Gasteiger partial charge in [0.05, 0.1) is 6.04 Å². The van der Waals surface area contributed by atoms with Crippen molar-refractivity contribution in [3.63, 3.8) is 0 Å².